The van der Waals surface area contributed by atoms with Crippen molar-refractivity contribution in [1.29, 1.82) is 0 Å². The molecule has 0 saturated heterocycles. The molecule has 0 aliphatic rings. The lowest BCUT2D eigenvalue weighted by Crippen LogP contribution is -2.40. The summed E-state index contributed by atoms with van der Waals surface area (Å²) in [5.74, 6) is 0. The molecule has 0 radical (unpaired) electrons. The van der Waals surface area contributed by atoms with Crippen molar-refractivity contribution < 1.29 is 8.42 Å². The molecule has 0 aliphatic heterocycles. The summed E-state index contributed by atoms with van der Waals surface area (Å²) in [7, 11) is -3.62. The van der Waals surface area contributed by atoms with E-state index >= 15 is 0 Å². The predicted molar refractivity (Wildman–Crippen MR) is 99.9 cm³/mol. The Bertz CT molecular complexity index is 802. The van der Waals surface area contributed by atoms with E-state index in [1.54, 1.807) is 24.3 Å². The van der Waals surface area contributed by atoms with Gasteiger partial charge in [0.25, 0.3) is 0 Å². The van der Waals surface area contributed by atoms with Crippen molar-refractivity contribution >= 4 is 21.6 Å². The molecule has 2 aromatic carbocycles. The third-order valence-corrected chi connectivity index (χ3v) is 5.91. The Kier molecular flexibility index (Phi) is 5.14. The Morgan fingerprint density at radius 2 is 1.25 bits per heavy atom. The van der Waals surface area contributed by atoms with Crippen LogP contribution in [0.15, 0.2) is 53.4 Å². The van der Waals surface area contributed by atoms with Gasteiger partial charge in [0.05, 0.1) is 10.4 Å². The van der Waals surface area contributed by atoms with Gasteiger partial charge in [0.15, 0.2) is 0 Å². The molecule has 0 saturated carbocycles. The quantitative estimate of drug-likeness (QED) is 0.841. The van der Waals surface area contributed by atoms with Crippen molar-refractivity contribution in [2.24, 2.45) is 0 Å². The third kappa shape index (κ3) is 4.38. The molecule has 0 spiro atoms. The Morgan fingerprint density at radius 3 is 1.71 bits per heavy atom. The zero-order valence-corrected chi connectivity index (χ0v) is 16.3. The molecular formula is C19H24ClNO2S. The summed E-state index contributed by atoms with van der Waals surface area (Å²) in [4.78, 5) is 0.262. The maximum absolute atomic E-state index is 12.7. The van der Waals surface area contributed by atoms with E-state index in [4.69, 9.17) is 11.6 Å². The minimum atomic E-state index is -3.62. The Morgan fingerprint density at radius 1 is 0.792 bits per heavy atom. The van der Waals surface area contributed by atoms with Gasteiger partial charge in [0, 0.05) is 5.02 Å². The maximum Gasteiger partial charge on any atom is 0.241 e. The van der Waals surface area contributed by atoms with Crippen LogP contribution in [0.2, 0.25) is 5.02 Å². The minimum Gasteiger partial charge on any atom is -0.207 e. The lowest BCUT2D eigenvalue weighted by atomic mass is 9.87. The van der Waals surface area contributed by atoms with Crippen molar-refractivity contribution in [3.8, 4) is 0 Å². The smallest absolute Gasteiger partial charge is 0.207 e. The summed E-state index contributed by atoms with van der Waals surface area (Å²) in [5, 5.41) is 0.621. The van der Waals surface area contributed by atoms with Gasteiger partial charge in [-0.1, -0.05) is 56.6 Å². The largest absolute Gasteiger partial charge is 0.241 e. The fraction of sp³-hybridized carbons (Fsp3) is 0.368. The Labute approximate surface area is 150 Å². The summed E-state index contributed by atoms with van der Waals surface area (Å²) >= 11 is 5.90. The summed E-state index contributed by atoms with van der Waals surface area (Å²) in [6.45, 7) is 9.95. The van der Waals surface area contributed by atoms with Crippen molar-refractivity contribution in [2.45, 2.75) is 50.5 Å². The van der Waals surface area contributed by atoms with Crippen molar-refractivity contribution in [1.82, 2.24) is 4.72 Å². The molecule has 0 amide bonds. The van der Waals surface area contributed by atoms with Gasteiger partial charge in [-0.2, -0.15) is 0 Å². The van der Waals surface area contributed by atoms with Gasteiger partial charge in [0.2, 0.25) is 10.0 Å². The molecule has 1 N–H and O–H groups in total. The topological polar surface area (TPSA) is 46.2 Å². The van der Waals surface area contributed by atoms with Gasteiger partial charge in [-0.25, -0.2) is 13.1 Å². The molecule has 24 heavy (non-hydrogen) atoms. The normalized spacial score (nSPS) is 13.1. The highest BCUT2D eigenvalue weighted by molar-refractivity contribution is 7.89. The first-order valence-electron chi connectivity index (χ1n) is 7.82. The highest BCUT2D eigenvalue weighted by Gasteiger charge is 2.28. The van der Waals surface area contributed by atoms with Crippen molar-refractivity contribution in [3.63, 3.8) is 0 Å². The van der Waals surface area contributed by atoms with Gasteiger partial charge < -0.3 is 0 Å². The molecule has 0 atom stereocenters. The van der Waals surface area contributed by atoms with E-state index in [9.17, 15) is 8.42 Å². The first-order valence-corrected chi connectivity index (χ1v) is 9.68. The SMILES string of the molecule is CC(C)(C)c1ccc(S(=O)(=O)NC(C)(C)c2ccc(Cl)cc2)cc1. The minimum absolute atomic E-state index is 0.0156. The summed E-state index contributed by atoms with van der Waals surface area (Å²) in [6, 6.07) is 14.2. The molecule has 0 aromatic heterocycles. The van der Waals surface area contributed by atoms with Gasteiger partial charge >= 0.3 is 0 Å². The molecule has 130 valence electrons. The number of halogens is 1. The van der Waals surface area contributed by atoms with Crippen LogP contribution in [0.3, 0.4) is 0 Å². The van der Waals surface area contributed by atoms with E-state index < -0.39 is 15.6 Å². The van der Waals surface area contributed by atoms with E-state index in [0.29, 0.717) is 5.02 Å². The molecule has 0 unspecified atom stereocenters. The van der Waals surface area contributed by atoms with E-state index in [2.05, 4.69) is 25.5 Å². The van der Waals surface area contributed by atoms with Crippen molar-refractivity contribution in [2.75, 3.05) is 0 Å². The zero-order chi connectivity index (χ0) is 18.2. The van der Waals surface area contributed by atoms with E-state index in [-0.39, 0.29) is 10.3 Å². The predicted octanol–water partition coefficient (Wildman–Crippen LogP) is 4.85. The van der Waals surface area contributed by atoms with Gasteiger partial charge in [-0.15, -0.1) is 0 Å². The lowest BCUT2D eigenvalue weighted by molar-refractivity contribution is 0.472. The second kappa shape index (κ2) is 6.51. The second-order valence-corrected chi connectivity index (χ2v) is 9.63. The summed E-state index contributed by atoms with van der Waals surface area (Å²) in [6.07, 6.45) is 0. The van der Waals surface area contributed by atoms with Gasteiger partial charge in [-0.3, -0.25) is 0 Å². The van der Waals surface area contributed by atoms with Gasteiger partial charge in [-0.05, 0) is 54.7 Å². The summed E-state index contributed by atoms with van der Waals surface area (Å²) < 4.78 is 28.2. The summed E-state index contributed by atoms with van der Waals surface area (Å²) in [5.41, 5.74) is 1.19. The highest BCUT2D eigenvalue weighted by atomic mass is 35.5. The van der Waals surface area contributed by atoms with Crippen LogP contribution < -0.4 is 4.72 Å². The third-order valence-electron chi connectivity index (χ3n) is 3.99. The zero-order valence-electron chi connectivity index (χ0n) is 14.7. The van der Waals surface area contributed by atoms with Crippen LogP contribution in [0.25, 0.3) is 0 Å². The molecule has 2 aromatic rings. The average Bonchev–Trinajstić information content (AvgIpc) is 2.46. The molecule has 3 nitrogen and oxygen atoms in total. The van der Waals surface area contributed by atoms with Crippen LogP contribution in [0.5, 0.6) is 0 Å². The average molecular weight is 366 g/mol. The van der Waals surface area contributed by atoms with Crippen LogP contribution in [0.1, 0.15) is 45.7 Å². The van der Waals surface area contributed by atoms with Gasteiger partial charge in [0.1, 0.15) is 0 Å². The first-order chi connectivity index (χ1) is 10.9. The molecule has 2 rings (SSSR count). The highest BCUT2D eigenvalue weighted by Crippen LogP contribution is 2.26. The second-order valence-electron chi connectivity index (χ2n) is 7.51. The Hall–Kier alpha value is -1.36. The number of nitrogens with one attached hydrogen (secondary N) is 1. The van der Waals surface area contributed by atoms with Crippen molar-refractivity contribution in [3.05, 3.63) is 64.7 Å². The number of hydrogen-bond acceptors (Lipinski definition) is 2. The fourth-order valence-electron chi connectivity index (χ4n) is 2.45. The number of benzene rings is 2. The van der Waals surface area contributed by atoms with Crippen LogP contribution in [-0.4, -0.2) is 8.42 Å². The van der Waals surface area contributed by atoms with E-state index in [0.717, 1.165) is 11.1 Å². The maximum atomic E-state index is 12.7. The molecule has 5 heteroatoms. The lowest BCUT2D eigenvalue weighted by Gasteiger charge is -2.27. The van der Waals surface area contributed by atoms with Crippen LogP contribution >= 0.6 is 11.6 Å². The molecule has 0 heterocycles. The van der Waals surface area contributed by atoms with E-state index in [1.165, 1.54) is 0 Å². The molecule has 0 bridgehead atoms. The number of sulfonamides is 1. The number of hydrogen-bond donors (Lipinski definition) is 1. The van der Waals surface area contributed by atoms with E-state index in [1.807, 2.05) is 38.1 Å². The fourth-order valence-corrected chi connectivity index (χ4v) is 3.98. The molecular weight excluding hydrogens is 342 g/mol. The van der Waals surface area contributed by atoms with Crippen LogP contribution in [0, 0.1) is 0 Å². The van der Waals surface area contributed by atoms with Crippen LogP contribution in [-0.2, 0) is 21.0 Å². The molecule has 0 aliphatic carbocycles. The van der Waals surface area contributed by atoms with Crippen LogP contribution in [0.4, 0.5) is 0 Å². The Balaban J connectivity index is 2.28. The molecule has 0 fully saturated rings. The standard InChI is InChI=1S/C19H24ClNO2S/c1-18(2,3)14-8-12-17(13-9-14)24(22,23)21-19(4,5)15-6-10-16(20)11-7-15/h6-13,21H,1-5H3. The monoisotopic (exact) mass is 365 g/mol. The number of rotatable bonds is 4. The first kappa shape index (κ1) is 19.0.